The van der Waals surface area contributed by atoms with E-state index in [9.17, 15) is 14.9 Å². The topological polar surface area (TPSA) is 95.4 Å². The number of nitrogens with one attached hydrogen (secondary N) is 1. The second-order valence-electron chi connectivity index (χ2n) is 9.18. The number of nitrogens with zero attached hydrogens (tertiary/aromatic N) is 2. The summed E-state index contributed by atoms with van der Waals surface area (Å²) < 4.78 is 11.2. The average Bonchev–Trinajstić information content (AvgIpc) is 3.38. The first-order valence-corrected chi connectivity index (χ1v) is 12.3. The highest BCUT2D eigenvalue weighted by Gasteiger charge is 2.39. The van der Waals surface area contributed by atoms with Crippen LogP contribution in [0.4, 0.5) is 4.79 Å². The Bertz CT molecular complexity index is 1430. The van der Waals surface area contributed by atoms with Crippen LogP contribution in [-0.2, 0) is 27.5 Å². The predicted molar refractivity (Wildman–Crippen MR) is 138 cm³/mol. The Kier molecular flexibility index (Phi) is 7.18. The number of hydrogen-bond donors (Lipinski definition) is 1. The lowest BCUT2D eigenvalue weighted by atomic mass is 9.85. The minimum atomic E-state index is -0.783. The lowest BCUT2D eigenvalue weighted by molar-refractivity contribution is -0.152. The summed E-state index contributed by atoms with van der Waals surface area (Å²) in [5.74, 6) is -0.446. The number of fused-ring (bicyclic) bond motifs is 1. The van der Waals surface area contributed by atoms with Gasteiger partial charge in [0.2, 0.25) is 0 Å². The number of esters is 1. The Hall–Kier alpha value is -4.57. The minimum absolute atomic E-state index is 0.00939. The van der Waals surface area contributed by atoms with Gasteiger partial charge in [0.05, 0.1) is 11.6 Å². The molecule has 7 nitrogen and oxygen atoms in total. The number of rotatable bonds is 6. The van der Waals surface area contributed by atoms with Gasteiger partial charge in [0.15, 0.2) is 0 Å². The quantitative estimate of drug-likeness (QED) is 0.349. The van der Waals surface area contributed by atoms with Crippen molar-refractivity contribution in [2.24, 2.45) is 0 Å². The van der Waals surface area contributed by atoms with Crippen LogP contribution in [-0.4, -0.2) is 34.5 Å². The van der Waals surface area contributed by atoms with Crippen LogP contribution in [0.15, 0.2) is 85.1 Å². The molecule has 0 spiro atoms. The Balaban J connectivity index is 1.36. The average molecular weight is 494 g/mol. The van der Waals surface area contributed by atoms with E-state index in [1.165, 1.54) is 4.90 Å². The molecule has 37 heavy (non-hydrogen) atoms. The number of carbonyl (C=O) groups is 2. The molecule has 5 rings (SSSR count). The summed E-state index contributed by atoms with van der Waals surface area (Å²) in [6.07, 6.45) is 2.46. The third-order valence-corrected chi connectivity index (χ3v) is 6.82. The van der Waals surface area contributed by atoms with Gasteiger partial charge >= 0.3 is 12.1 Å². The molecule has 3 aromatic carbocycles. The molecule has 7 heteroatoms. The van der Waals surface area contributed by atoms with Crippen LogP contribution < -0.4 is 0 Å². The van der Waals surface area contributed by atoms with E-state index in [2.05, 4.69) is 11.1 Å². The molecule has 2 atom stereocenters. The van der Waals surface area contributed by atoms with E-state index >= 15 is 0 Å². The molecular formula is C30H27N3O4. The molecule has 0 aliphatic carbocycles. The highest BCUT2D eigenvalue weighted by atomic mass is 16.6. The summed E-state index contributed by atoms with van der Waals surface area (Å²) in [7, 11) is 0. The van der Waals surface area contributed by atoms with Crippen LogP contribution in [0.2, 0.25) is 0 Å². The smallest absolute Gasteiger partial charge is 0.410 e. The standard InChI is InChI=1S/C30H27N3O4/c31-17-23-11-12-27-25(15-23)26(18-32-27)24-13-14-33(30(35)37-20-22-9-5-2-6-10-22)28(16-24)29(34)36-19-21-7-3-1-4-8-21/h1-12,15,18,24,28,32H,13-14,16,19-20H2. The van der Waals surface area contributed by atoms with Gasteiger partial charge < -0.3 is 14.5 Å². The van der Waals surface area contributed by atoms with E-state index in [0.717, 1.165) is 27.6 Å². The normalized spacial score (nSPS) is 17.2. The molecule has 0 bridgehead atoms. The number of nitriles is 1. The van der Waals surface area contributed by atoms with Gasteiger partial charge in [0.1, 0.15) is 19.3 Å². The second kappa shape index (κ2) is 11.0. The van der Waals surface area contributed by atoms with Gasteiger partial charge in [0.25, 0.3) is 0 Å². The predicted octanol–water partition coefficient (Wildman–Crippen LogP) is 5.67. The van der Waals surface area contributed by atoms with Crippen molar-refractivity contribution in [2.75, 3.05) is 6.54 Å². The van der Waals surface area contributed by atoms with E-state index in [1.54, 1.807) is 6.07 Å². The number of aromatic nitrogens is 1. The fourth-order valence-electron chi connectivity index (χ4n) is 4.87. The lowest BCUT2D eigenvalue weighted by Crippen LogP contribution is -2.50. The van der Waals surface area contributed by atoms with Gasteiger partial charge in [-0.25, -0.2) is 9.59 Å². The summed E-state index contributed by atoms with van der Waals surface area (Å²) in [6.45, 7) is 0.616. The molecule has 1 fully saturated rings. The molecule has 1 aliphatic heterocycles. The first-order chi connectivity index (χ1) is 18.1. The minimum Gasteiger partial charge on any atom is -0.459 e. The molecule has 1 saturated heterocycles. The van der Waals surface area contributed by atoms with E-state index in [4.69, 9.17) is 9.47 Å². The molecular weight excluding hydrogens is 466 g/mol. The third-order valence-electron chi connectivity index (χ3n) is 6.82. The molecule has 0 radical (unpaired) electrons. The third kappa shape index (κ3) is 5.49. The maximum absolute atomic E-state index is 13.3. The first-order valence-electron chi connectivity index (χ1n) is 12.3. The van der Waals surface area contributed by atoms with Crippen molar-refractivity contribution in [3.8, 4) is 6.07 Å². The largest absolute Gasteiger partial charge is 0.459 e. The summed E-state index contributed by atoms with van der Waals surface area (Å²) >= 11 is 0. The van der Waals surface area contributed by atoms with E-state index < -0.39 is 18.1 Å². The highest BCUT2D eigenvalue weighted by Crippen LogP contribution is 2.36. The van der Waals surface area contributed by atoms with E-state index in [1.807, 2.05) is 79.0 Å². The van der Waals surface area contributed by atoms with Gasteiger partial charge in [0, 0.05) is 23.6 Å². The SMILES string of the molecule is N#Cc1ccc2[nH]cc(C3CCN(C(=O)OCc4ccccc4)C(C(=O)OCc4ccccc4)C3)c2c1. The number of benzene rings is 3. The Morgan fingerprint density at radius 3 is 2.30 bits per heavy atom. The molecule has 2 heterocycles. The Labute approximate surface area is 215 Å². The second-order valence-corrected chi connectivity index (χ2v) is 9.18. The van der Waals surface area contributed by atoms with E-state index in [-0.39, 0.29) is 19.1 Å². The number of carbonyl (C=O) groups excluding carboxylic acids is 2. The van der Waals surface area contributed by atoms with Gasteiger partial charge in [-0.15, -0.1) is 0 Å². The molecule has 1 amide bonds. The Morgan fingerprint density at radius 2 is 1.62 bits per heavy atom. The zero-order valence-corrected chi connectivity index (χ0v) is 20.3. The first kappa shape index (κ1) is 24.1. The number of piperidine rings is 1. The lowest BCUT2D eigenvalue weighted by Gasteiger charge is -2.37. The maximum Gasteiger partial charge on any atom is 0.410 e. The summed E-state index contributed by atoms with van der Waals surface area (Å²) in [4.78, 5) is 31.2. The van der Waals surface area contributed by atoms with Crippen molar-refractivity contribution in [3.63, 3.8) is 0 Å². The van der Waals surface area contributed by atoms with Crippen LogP contribution in [0.3, 0.4) is 0 Å². The molecule has 2 unspecified atom stereocenters. The number of aromatic amines is 1. The van der Waals surface area contributed by atoms with Crippen LogP contribution in [0.25, 0.3) is 10.9 Å². The van der Waals surface area contributed by atoms with Crippen LogP contribution >= 0.6 is 0 Å². The van der Waals surface area contributed by atoms with Gasteiger partial charge in [-0.3, -0.25) is 4.90 Å². The number of ether oxygens (including phenoxy) is 2. The number of H-pyrrole nitrogens is 1. The van der Waals surface area contributed by atoms with Crippen LogP contribution in [0, 0.1) is 11.3 Å². The molecule has 186 valence electrons. The van der Waals surface area contributed by atoms with Crippen molar-refractivity contribution in [3.05, 3.63) is 107 Å². The number of likely N-dealkylation sites (tertiary alicyclic amines) is 1. The van der Waals surface area contributed by atoms with Gasteiger partial charge in [-0.05, 0) is 53.6 Å². The van der Waals surface area contributed by atoms with Crippen molar-refractivity contribution in [2.45, 2.75) is 38.0 Å². The fraction of sp³-hybridized carbons (Fsp3) is 0.233. The number of hydrogen-bond acceptors (Lipinski definition) is 5. The Morgan fingerprint density at radius 1 is 0.946 bits per heavy atom. The molecule has 1 N–H and O–H groups in total. The van der Waals surface area contributed by atoms with Crippen LogP contribution in [0.1, 0.15) is 41.0 Å². The number of amides is 1. The zero-order valence-electron chi connectivity index (χ0n) is 20.3. The van der Waals surface area contributed by atoms with Crippen molar-refractivity contribution < 1.29 is 19.1 Å². The molecule has 1 aliphatic rings. The highest BCUT2D eigenvalue weighted by molar-refractivity contribution is 5.86. The summed E-state index contributed by atoms with van der Waals surface area (Å²) in [6, 6.07) is 25.8. The molecule has 0 saturated carbocycles. The maximum atomic E-state index is 13.3. The summed E-state index contributed by atoms with van der Waals surface area (Å²) in [5, 5.41) is 10.3. The van der Waals surface area contributed by atoms with Crippen molar-refractivity contribution in [1.29, 1.82) is 5.26 Å². The van der Waals surface area contributed by atoms with Crippen molar-refractivity contribution >= 4 is 23.0 Å². The monoisotopic (exact) mass is 493 g/mol. The van der Waals surface area contributed by atoms with Crippen LogP contribution in [0.5, 0.6) is 0 Å². The molecule has 1 aromatic heterocycles. The van der Waals surface area contributed by atoms with Gasteiger partial charge in [-0.1, -0.05) is 60.7 Å². The molecule has 4 aromatic rings. The van der Waals surface area contributed by atoms with E-state index in [0.29, 0.717) is 24.9 Å². The van der Waals surface area contributed by atoms with Crippen molar-refractivity contribution in [1.82, 2.24) is 9.88 Å². The fourth-order valence-corrected chi connectivity index (χ4v) is 4.87. The van der Waals surface area contributed by atoms with Gasteiger partial charge in [-0.2, -0.15) is 5.26 Å². The zero-order chi connectivity index (χ0) is 25.6. The summed E-state index contributed by atoms with van der Waals surface area (Å²) in [5.41, 5.74) is 4.30.